The molecule has 0 N–H and O–H groups in total. The Bertz CT molecular complexity index is 1290. The number of nitrogens with zero attached hydrogens (tertiary/aromatic N) is 6. The molecule has 5 rings (SSSR count). The highest BCUT2D eigenvalue weighted by molar-refractivity contribution is 5.48. The first-order chi connectivity index (χ1) is 17.7. The lowest BCUT2D eigenvalue weighted by Crippen LogP contribution is -2.48. The van der Waals surface area contributed by atoms with Gasteiger partial charge < -0.3 is 14.4 Å². The van der Waals surface area contributed by atoms with Gasteiger partial charge in [0.2, 0.25) is 0 Å². The lowest BCUT2D eigenvalue weighted by molar-refractivity contribution is 0.200. The van der Waals surface area contributed by atoms with Crippen molar-refractivity contribution >= 4 is 5.69 Å². The molecule has 0 amide bonds. The minimum Gasteiger partial charge on any atom is -0.493 e. The lowest BCUT2D eigenvalue weighted by atomic mass is 10.0. The van der Waals surface area contributed by atoms with Crippen molar-refractivity contribution in [3.8, 4) is 11.5 Å². The third kappa shape index (κ3) is 4.87. The molecular formula is C27H29FN6O2. The summed E-state index contributed by atoms with van der Waals surface area (Å²) in [7, 11) is 3.25. The van der Waals surface area contributed by atoms with E-state index < -0.39 is 0 Å². The number of ether oxygens (including phenoxy) is 2. The van der Waals surface area contributed by atoms with Gasteiger partial charge in [0.05, 0.1) is 32.5 Å². The topological polar surface area (TPSA) is 68.5 Å². The lowest BCUT2D eigenvalue weighted by Gasteiger charge is -2.40. The van der Waals surface area contributed by atoms with Crippen molar-refractivity contribution < 1.29 is 13.9 Å². The minimum absolute atomic E-state index is 0.200. The third-order valence-electron chi connectivity index (χ3n) is 6.58. The first-order valence-corrected chi connectivity index (χ1v) is 11.9. The van der Waals surface area contributed by atoms with Crippen LogP contribution in [-0.4, -0.2) is 65.5 Å². The summed E-state index contributed by atoms with van der Waals surface area (Å²) in [6, 6.07) is 22.7. The molecule has 1 aliphatic heterocycles. The summed E-state index contributed by atoms with van der Waals surface area (Å²) >= 11 is 0. The molecule has 1 saturated heterocycles. The molecule has 1 fully saturated rings. The fourth-order valence-electron chi connectivity index (χ4n) is 4.75. The van der Waals surface area contributed by atoms with Gasteiger partial charge in [-0.2, -0.15) is 0 Å². The second kappa shape index (κ2) is 10.7. The van der Waals surface area contributed by atoms with E-state index in [0.29, 0.717) is 49.9 Å². The van der Waals surface area contributed by atoms with Crippen molar-refractivity contribution in [3.05, 3.63) is 95.6 Å². The first kappa shape index (κ1) is 23.7. The number of tetrazole rings is 1. The molecule has 0 aliphatic carbocycles. The number of hydrogen-bond donors (Lipinski definition) is 0. The second-order valence-electron chi connectivity index (χ2n) is 8.67. The van der Waals surface area contributed by atoms with E-state index >= 15 is 0 Å². The van der Waals surface area contributed by atoms with Crippen LogP contribution >= 0.6 is 0 Å². The Balaban J connectivity index is 1.48. The number of halogens is 1. The first-order valence-electron chi connectivity index (χ1n) is 11.9. The molecule has 186 valence electrons. The summed E-state index contributed by atoms with van der Waals surface area (Å²) in [4.78, 5) is 4.43. The van der Waals surface area contributed by atoms with Crippen LogP contribution < -0.4 is 14.4 Å². The fourth-order valence-corrected chi connectivity index (χ4v) is 4.75. The van der Waals surface area contributed by atoms with Crippen molar-refractivity contribution in [3.63, 3.8) is 0 Å². The van der Waals surface area contributed by atoms with Gasteiger partial charge in [-0.1, -0.05) is 48.5 Å². The van der Waals surface area contributed by atoms with E-state index in [-0.39, 0.29) is 11.9 Å². The molecule has 4 aromatic rings. The van der Waals surface area contributed by atoms with Crippen molar-refractivity contribution in [2.24, 2.45) is 0 Å². The van der Waals surface area contributed by atoms with Gasteiger partial charge >= 0.3 is 0 Å². The van der Waals surface area contributed by atoms with Crippen LogP contribution in [0.4, 0.5) is 10.1 Å². The molecule has 0 unspecified atom stereocenters. The Morgan fingerprint density at radius 3 is 2.31 bits per heavy atom. The van der Waals surface area contributed by atoms with Gasteiger partial charge in [0.25, 0.3) is 0 Å². The van der Waals surface area contributed by atoms with Crippen LogP contribution in [0.15, 0.2) is 72.8 Å². The molecule has 1 aliphatic rings. The van der Waals surface area contributed by atoms with Gasteiger partial charge in [-0.15, -0.1) is 5.10 Å². The van der Waals surface area contributed by atoms with E-state index in [9.17, 15) is 4.39 Å². The van der Waals surface area contributed by atoms with E-state index in [1.54, 1.807) is 20.3 Å². The van der Waals surface area contributed by atoms with Crippen LogP contribution in [-0.2, 0) is 6.54 Å². The van der Waals surface area contributed by atoms with Crippen LogP contribution in [0.1, 0.15) is 23.0 Å². The molecule has 0 radical (unpaired) electrons. The Morgan fingerprint density at radius 2 is 1.58 bits per heavy atom. The molecule has 0 bridgehead atoms. The third-order valence-corrected chi connectivity index (χ3v) is 6.58. The molecule has 1 atom stereocenters. The zero-order valence-corrected chi connectivity index (χ0v) is 20.4. The molecule has 2 heterocycles. The summed E-state index contributed by atoms with van der Waals surface area (Å²) in [5.74, 6) is 1.85. The summed E-state index contributed by atoms with van der Waals surface area (Å²) in [6.45, 7) is 3.36. The van der Waals surface area contributed by atoms with Crippen molar-refractivity contribution in [1.82, 2.24) is 25.1 Å². The summed E-state index contributed by atoms with van der Waals surface area (Å²) in [5.41, 5.74) is 2.74. The van der Waals surface area contributed by atoms with E-state index in [1.807, 2.05) is 53.2 Å². The Labute approximate surface area is 209 Å². The zero-order valence-electron chi connectivity index (χ0n) is 20.4. The quantitative estimate of drug-likeness (QED) is 0.374. The van der Waals surface area contributed by atoms with Crippen LogP contribution in [0.5, 0.6) is 11.5 Å². The van der Waals surface area contributed by atoms with Crippen molar-refractivity contribution in [1.29, 1.82) is 0 Å². The maximum atomic E-state index is 14.4. The standard InChI is InChI=1S/C27H29FN6O2/c1-35-24-13-12-21(18-25(24)36-2)26(27-29-30-31-34(27)19-20-8-4-3-5-9-20)33-16-14-32(15-17-33)23-11-7-6-10-22(23)28/h3-13,18,26H,14-17,19H2,1-2H3/t26-/m0/s1. The molecule has 36 heavy (non-hydrogen) atoms. The van der Waals surface area contributed by atoms with Gasteiger partial charge in [0.15, 0.2) is 17.3 Å². The monoisotopic (exact) mass is 488 g/mol. The highest BCUT2D eigenvalue weighted by Crippen LogP contribution is 2.35. The Kier molecular flexibility index (Phi) is 7.08. The number of piperazine rings is 1. The van der Waals surface area contributed by atoms with E-state index in [1.165, 1.54) is 6.07 Å². The van der Waals surface area contributed by atoms with E-state index in [2.05, 4.69) is 37.5 Å². The number of para-hydroxylation sites is 1. The smallest absolute Gasteiger partial charge is 0.173 e. The fraction of sp³-hybridized carbons (Fsp3) is 0.296. The molecule has 9 heteroatoms. The number of anilines is 1. The number of rotatable bonds is 8. The number of methoxy groups -OCH3 is 2. The summed E-state index contributed by atoms with van der Waals surface area (Å²) < 4.78 is 27.3. The maximum absolute atomic E-state index is 14.4. The zero-order chi connectivity index (χ0) is 24.9. The van der Waals surface area contributed by atoms with Gasteiger partial charge in [-0.3, -0.25) is 4.90 Å². The number of aromatic nitrogens is 4. The normalized spacial score (nSPS) is 15.0. The van der Waals surface area contributed by atoms with Crippen LogP contribution in [0.3, 0.4) is 0 Å². The Hall–Kier alpha value is -3.98. The maximum Gasteiger partial charge on any atom is 0.173 e. The average Bonchev–Trinajstić information content (AvgIpc) is 3.37. The van der Waals surface area contributed by atoms with Crippen molar-refractivity contribution in [2.45, 2.75) is 12.6 Å². The average molecular weight is 489 g/mol. The SMILES string of the molecule is COc1ccc([C@@H](c2nnnn2Cc2ccccc2)N2CCN(c3ccccc3F)CC2)cc1OC. The van der Waals surface area contributed by atoms with E-state index in [4.69, 9.17) is 9.47 Å². The van der Waals surface area contributed by atoms with Gasteiger partial charge in [-0.05, 0) is 45.8 Å². The highest BCUT2D eigenvalue weighted by atomic mass is 19.1. The molecule has 1 aromatic heterocycles. The van der Waals surface area contributed by atoms with Crippen LogP contribution in [0.25, 0.3) is 0 Å². The summed E-state index contributed by atoms with van der Waals surface area (Å²) in [5, 5.41) is 12.8. The van der Waals surface area contributed by atoms with Gasteiger partial charge in [-0.25, -0.2) is 9.07 Å². The van der Waals surface area contributed by atoms with E-state index in [0.717, 1.165) is 17.0 Å². The molecule has 3 aromatic carbocycles. The summed E-state index contributed by atoms with van der Waals surface area (Å²) in [6.07, 6.45) is 0. The predicted octanol–water partition coefficient (Wildman–Crippen LogP) is 3.79. The van der Waals surface area contributed by atoms with Crippen molar-refractivity contribution in [2.75, 3.05) is 45.3 Å². The number of benzene rings is 3. The number of hydrogen-bond acceptors (Lipinski definition) is 7. The largest absolute Gasteiger partial charge is 0.493 e. The second-order valence-corrected chi connectivity index (χ2v) is 8.67. The Morgan fingerprint density at radius 1 is 0.861 bits per heavy atom. The van der Waals surface area contributed by atoms with Crippen LogP contribution in [0, 0.1) is 5.82 Å². The molecular weight excluding hydrogens is 459 g/mol. The molecule has 0 saturated carbocycles. The van der Waals surface area contributed by atoms with Gasteiger partial charge in [0.1, 0.15) is 5.82 Å². The minimum atomic E-state index is -0.216. The highest BCUT2D eigenvalue weighted by Gasteiger charge is 2.32. The molecule has 0 spiro atoms. The molecule has 8 nitrogen and oxygen atoms in total. The van der Waals surface area contributed by atoms with Crippen LogP contribution in [0.2, 0.25) is 0 Å². The predicted molar refractivity (Wildman–Crippen MR) is 135 cm³/mol. The van der Waals surface area contributed by atoms with Gasteiger partial charge in [0, 0.05) is 26.2 Å².